The van der Waals surface area contributed by atoms with E-state index in [1.165, 1.54) is 12.3 Å². The van der Waals surface area contributed by atoms with Crippen LogP contribution in [0, 0.1) is 6.92 Å². The first-order valence-electron chi connectivity index (χ1n) is 6.09. The van der Waals surface area contributed by atoms with E-state index in [-0.39, 0.29) is 17.4 Å². The number of hydrogen-bond donors (Lipinski definition) is 3. The smallest absolute Gasteiger partial charge is 0.271 e. The minimum atomic E-state index is -0.326. The average molecular weight is 349 g/mol. The average Bonchev–Trinajstić information content (AvgIpc) is 2.45. The van der Waals surface area contributed by atoms with Crippen molar-refractivity contribution in [2.75, 3.05) is 0 Å². The second-order valence-electron chi connectivity index (χ2n) is 4.44. The van der Waals surface area contributed by atoms with Gasteiger partial charge in [0.1, 0.15) is 0 Å². The molecular formula is C15H13BrN2O3. The number of nitrogens with zero attached hydrogens (tertiary/aromatic N) is 1. The molecule has 2 rings (SSSR count). The van der Waals surface area contributed by atoms with Crippen LogP contribution in [0.5, 0.6) is 11.5 Å². The minimum absolute atomic E-state index is 0.240. The first kappa shape index (κ1) is 15.1. The number of carbonyl (C=O) groups excluding carboxylic acids is 1. The molecule has 0 aliphatic rings. The summed E-state index contributed by atoms with van der Waals surface area (Å²) in [7, 11) is 0. The van der Waals surface area contributed by atoms with Crippen LogP contribution in [-0.4, -0.2) is 22.3 Å². The van der Waals surface area contributed by atoms with Gasteiger partial charge in [-0.15, -0.1) is 0 Å². The van der Waals surface area contributed by atoms with Gasteiger partial charge in [0.25, 0.3) is 5.91 Å². The van der Waals surface area contributed by atoms with Crippen LogP contribution in [0.3, 0.4) is 0 Å². The fourth-order valence-corrected chi connectivity index (χ4v) is 2.08. The van der Waals surface area contributed by atoms with Crippen molar-refractivity contribution < 1.29 is 15.0 Å². The number of phenols is 2. The predicted octanol–water partition coefficient (Wildman–Crippen LogP) is 2.93. The van der Waals surface area contributed by atoms with E-state index in [1.54, 1.807) is 18.2 Å². The highest BCUT2D eigenvalue weighted by Gasteiger charge is 2.06. The number of aryl methyl sites for hydroxylation is 1. The van der Waals surface area contributed by atoms with Crippen molar-refractivity contribution in [3.05, 3.63) is 57.6 Å². The van der Waals surface area contributed by atoms with Gasteiger partial charge < -0.3 is 10.2 Å². The largest absolute Gasteiger partial charge is 0.504 e. The summed E-state index contributed by atoms with van der Waals surface area (Å²) in [5.41, 5.74) is 4.50. The zero-order valence-corrected chi connectivity index (χ0v) is 12.8. The van der Waals surface area contributed by atoms with Crippen molar-refractivity contribution >= 4 is 28.1 Å². The van der Waals surface area contributed by atoms with Gasteiger partial charge in [-0.1, -0.05) is 17.7 Å². The summed E-state index contributed by atoms with van der Waals surface area (Å²) in [6.07, 6.45) is 1.37. The number of hydrogen-bond acceptors (Lipinski definition) is 4. The first-order valence-corrected chi connectivity index (χ1v) is 6.88. The van der Waals surface area contributed by atoms with Crippen LogP contribution in [-0.2, 0) is 0 Å². The van der Waals surface area contributed by atoms with Crippen LogP contribution in [0.4, 0.5) is 0 Å². The zero-order valence-electron chi connectivity index (χ0n) is 11.2. The Balaban J connectivity index is 2.05. The van der Waals surface area contributed by atoms with Crippen LogP contribution < -0.4 is 5.43 Å². The number of nitrogens with one attached hydrogen (secondary N) is 1. The van der Waals surface area contributed by atoms with Gasteiger partial charge in [0.05, 0.1) is 10.7 Å². The Kier molecular flexibility index (Phi) is 4.59. The molecule has 0 atom stereocenters. The fourth-order valence-electron chi connectivity index (χ4n) is 1.61. The topological polar surface area (TPSA) is 81.9 Å². The molecule has 3 N–H and O–H groups in total. The summed E-state index contributed by atoms with van der Waals surface area (Å²) in [5.74, 6) is -0.833. The molecule has 21 heavy (non-hydrogen) atoms. The fraction of sp³-hybridized carbons (Fsp3) is 0.0667. The number of aromatic hydroxyl groups is 2. The Bertz CT molecular complexity index is 674. The van der Waals surface area contributed by atoms with Gasteiger partial charge in [0, 0.05) is 5.56 Å². The van der Waals surface area contributed by atoms with Gasteiger partial charge in [-0.05, 0) is 52.7 Å². The molecule has 0 aromatic heterocycles. The normalized spacial score (nSPS) is 10.8. The van der Waals surface area contributed by atoms with Gasteiger partial charge in [-0.25, -0.2) is 5.43 Å². The van der Waals surface area contributed by atoms with Gasteiger partial charge >= 0.3 is 0 Å². The summed E-state index contributed by atoms with van der Waals surface area (Å²) in [6, 6.07) is 10.0. The van der Waals surface area contributed by atoms with Gasteiger partial charge in [0.2, 0.25) is 0 Å². The van der Waals surface area contributed by atoms with Gasteiger partial charge in [-0.2, -0.15) is 5.10 Å². The van der Waals surface area contributed by atoms with Gasteiger partial charge in [0.15, 0.2) is 11.5 Å². The Hall–Kier alpha value is -2.34. The molecule has 1 amide bonds. The molecule has 5 nitrogen and oxygen atoms in total. The molecule has 0 saturated heterocycles. The molecule has 0 unspecified atom stereocenters. The Labute approximate surface area is 130 Å². The van der Waals surface area contributed by atoms with Crippen molar-refractivity contribution in [3.63, 3.8) is 0 Å². The van der Waals surface area contributed by atoms with Crippen molar-refractivity contribution in [1.82, 2.24) is 5.43 Å². The molecule has 2 aromatic carbocycles. The second-order valence-corrected chi connectivity index (χ2v) is 5.29. The third kappa shape index (κ3) is 3.82. The predicted molar refractivity (Wildman–Crippen MR) is 83.7 cm³/mol. The molecule has 2 aromatic rings. The highest BCUT2D eigenvalue weighted by Crippen LogP contribution is 2.33. The summed E-state index contributed by atoms with van der Waals surface area (Å²) >= 11 is 3.10. The number of hydrazone groups is 1. The lowest BCUT2D eigenvalue weighted by atomic mass is 10.1. The molecule has 0 aliphatic heterocycles. The summed E-state index contributed by atoms with van der Waals surface area (Å²) in [5, 5.41) is 22.7. The number of halogens is 1. The van der Waals surface area contributed by atoms with E-state index in [1.807, 2.05) is 19.1 Å². The molecule has 0 radical (unpaired) electrons. The van der Waals surface area contributed by atoms with Crippen molar-refractivity contribution in [1.29, 1.82) is 0 Å². The highest BCUT2D eigenvalue weighted by atomic mass is 79.9. The monoisotopic (exact) mass is 348 g/mol. The number of amides is 1. The second kappa shape index (κ2) is 6.41. The van der Waals surface area contributed by atoms with Crippen molar-refractivity contribution in [3.8, 4) is 11.5 Å². The molecule has 0 fully saturated rings. The van der Waals surface area contributed by atoms with Crippen LogP contribution >= 0.6 is 15.9 Å². The number of benzene rings is 2. The Morgan fingerprint density at radius 3 is 2.52 bits per heavy atom. The van der Waals surface area contributed by atoms with Crippen molar-refractivity contribution in [2.45, 2.75) is 6.92 Å². The Morgan fingerprint density at radius 1 is 1.24 bits per heavy atom. The molecule has 0 heterocycles. The lowest BCUT2D eigenvalue weighted by Gasteiger charge is -2.02. The lowest BCUT2D eigenvalue weighted by molar-refractivity contribution is 0.0955. The molecule has 0 aliphatic carbocycles. The molecule has 0 bridgehead atoms. The molecule has 108 valence electrons. The van der Waals surface area contributed by atoms with Crippen LogP contribution in [0.2, 0.25) is 0 Å². The number of rotatable bonds is 3. The van der Waals surface area contributed by atoms with Crippen LogP contribution in [0.15, 0.2) is 46.0 Å². The standard InChI is InChI=1S/C15H13BrN2O3/c1-9-2-4-11(5-3-9)15(21)18-17-8-10-6-12(16)14(20)13(19)7-10/h2-8,19-20H,1H3,(H,18,21). The minimum Gasteiger partial charge on any atom is -0.504 e. The SMILES string of the molecule is Cc1ccc(C(=O)NN=Cc2cc(O)c(O)c(Br)c2)cc1. The summed E-state index contributed by atoms with van der Waals surface area (Å²) < 4.78 is 0.341. The third-order valence-corrected chi connectivity index (χ3v) is 3.36. The number of carbonyl (C=O) groups is 1. The van der Waals surface area contributed by atoms with E-state index in [9.17, 15) is 15.0 Å². The molecule has 0 spiro atoms. The zero-order chi connectivity index (χ0) is 15.4. The molecule has 6 heteroatoms. The van der Waals surface area contributed by atoms with E-state index < -0.39 is 0 Å². The van der Waals surface area contributed by atoms with Crippen molar-refractivity contribution in [2.24, 2.45) is 5.10 Å². The van der Waals surface area contributed by atoms with E-state index in [2.05, 4.69) is 26.5 Å². The van der Waals surface area contributed by atoms with Crippen LogP contribution in [0.1, 0.15) is 21.5 Å². The maximum Gasteiger partial charge on any atom is 0.271 e. The maximum atomic E-state index is 11.8. The Morgan fingerprint density at radius 2 is 1.90 bits per heavy atom. The summed E-state index contributed by atoms with van der Waals surface area (Å²) in [4.78, 5) is 11.8. The molecule has 0 saturated carbocycles. The van der Waals surface area contributed by atoms with E-state index in [4.69, 9.17) is 0 Å². The molecular weight excluding hydrogens is 336 g/mol. The lowest BCUT2D eigenvalue weighted by Crippen LogP contribution is -2.17. The highest BCUT2D eigenvalue weighted by molar-refractivity contribution is 9.10. The van der Waals surface area contributed by atoms with Gasteiger partial charge in [-0.3, -0.25) is 4.79 Å². The number of phenolic OH excluding ortho intramolecular Hbond substituents is 2. The maximum absolute atomic E-state index is 11.8. The van der Waals surface area contributed by atoms with E-state index in [0.29, 0.717) is 15.6 Å². The third-order valence-electron chi connectivity index (χ3n) is 2.76. The quantitative estimate of drug-likeness (QED) is 0.453. The van der Waals surface area contributed by atoms with E-state index in [0.717, 1.165) is 5.56 Å². The first-order chi connectivity index (χ1) is 9.97. The van der Waals surface area contributed by atoms with E-state index >= 15 is 0 Å². The van der Waals surface area contributed by atoms with Crippen LogP contribution in [0.25, 0.3) is 0 Å². The summed E-state index contributed by atoms with van der Waals surface area (Å²) in [6.45, 7) is 1.94.